The molecule has 2 atom stereocenters. The molecule has 188 valence electrons. The van der Waals surface area contributed by atoms with Crippen molar-refractivity contribution in [3.63, 3.8) is 0 Å². The lowest BCUT2D eigenvalue weighted by Gasteiger charge is -2.30. The van der Waals surface area contributed by atoms with Gasteiger partial charge >= 0.3 is 0 Å². The standard InChI is InChI=1S/C30H31N5OS/c1-19(2)29(36)32-24-15-14-23(18-20(24)3)35-28(27(33-30(35)37)25-12-8-9-17-31-25)26-16-13-21(4)34(26)22-10-6-5-7-11-22/h5-19,27-28H,1-4H3,(H,32,36)(H,33,37)/t27-,28+/m1/s1. The number of nitrogens with one attached hydrogen (secondary N) is 2. The van der Waals surface area contributed by atoms with E-state index in [9.17, 15) is 4.79 Å². The minimum atomic E-state index is -0.147. The Labute approximate surface area is 223 Å². The molecule has 1 fully saturated rings. The van der Waals surface area contributed by atoms with E-state index >= 15 is 0 Å². The Balaban J connectivity index is 1.62. The van der Waals surface area contributed by atoms with Gasteiger partial charge < -0.3 is 20.1 Å². The van der Waals surface area contributed by atoms with Crippen LogP contribution in [0.25, 0.3) is 5.69 Å². The number of carbonyl (C=O) groups is 1. The third-order valence-corrected chi connectivity index (χ3v) is 7.11. The molecule has 1 amide bonds. The van der Waals surface area contributed by atoms with Crippen LogP contribution in [0.5, 0.6) is 0 Å². The number of benzene rings is 2. The molecule has 0 saturated carbocycles. The van der Waals surface area contributed by atoms with Gasteiger partial charge in [-0.15, -0.1) is 0 Å². The summed E-state index contributed by atoms with van der Waals surface area (Å²) in [5.74, 6) is -0.0922. The molecule has 2 aromatic carbocycles. The highest BCUT2D eigenvalue weighted by Gasteiger charge is 2.42. The van der Waals surface area contributed by atoms with E-state index in [0.29, 0.717) is 5.11 Å². The average Bonchev–Trinajstić information content (AvgIpc) is 3.45. The SMILES string of the molecule is Cc1cc(N2C(=S)N[C@H](c3ccccn3)[C@@H]2c2ccc(C)n2-c2ccccc2)ccc1NC(=O)C(C)C. The van der Waals surface area contributed by atoms with Crippen LogP contribution in [0.1, 0.15) is 48.6 Å². The molecule has 4 aromatic rings. The highest BCUT2D eigenvalue weighted by atomic mass is 32.1. The van der Waals surface area contributed by atoms with Crippen molar-refractivity contribution in [1.29, 1.82) is 0 Å². The average molecular weight is 510 g/mol. The van der Waals surface area contributed by atoms with Crippen LogP contribution in [0.15, 0.2) is 85.1 Å². The van der Waals surface area contributed by atoms with Crippen molar-refractivity contribution in [2.75, 3.05) is 10.2 Å². The van der Waals surface area contributed by atoms with E-state index in [1.54, 1.807) is 0 Å². The van der Waals surface area contributed by atoms with Crippen LogP contribution in [0.3, 0.4) is 0 Å². The lowest BCUT2D eigenvalue weighted by atomic mass is 10.00. The molecule has 2 aromatic heterocycles. The van der Waals surface area contributed by atoms with E-state index in [0.717, 1.165) is 39.7 Å². The summed E-state index contributed by atoms with van der Waals surface area (Å²) in [6.07, 6.45) is 1.82. The van der Waals surface area contributed by atoms with Gasteiger partial charge in [0.25, 0.3) is 0 Å². The highest BCUT2D eigenvalue weighted by molar-refractivity contribution is 7.80. The molecule has 0 radical (unpaired) electrons. The second kappa shape index (κ2) is 10.2. The quantitative estimate of drug-likeness (QED) is 0.300. The van der Waals surface area contributed by atoms with E-state index in [4.69, 9.17) is 12.2 Å². The first-order chi connectivity index (χ1) is 17.8. The third-order valence-electron chi connectivity index (χ3n) is 6.79. The summed E-state index contributed by atoms with van der Waals surface area (Å²) in [4.78, 5) is 19.2. The van der Waals surface area contributed by atoms with Gasteiger partial charge in [-0.1, -0.05) is 38.1 Å². The van der Waals surface area contributed by atoms with Gasteiger partial charge in [0.2, 0.25) is 5.91 Å². The first-order valence-corrected chi connectivity index (χ1v) is 12.9. The zero-order chi connectivity index (χ0) is 26.1. The van der Waals surface area contributed by atoms with Crippen LogP contribution in [0.2, 0.25) is 0 Å². The summed E-state index contributed by atoms with van der Waals surface area (Å²) in [7, 11) is 0. The van der Waals surface area contributed by atoms with E-state index in [2.05, 4.69) is 74.5 Å². The van der Waals surface area contributed by atoms with E-state index in [1.165, 1.54) is 0 Å². The molecule has 5 rings (SSSR count). The lowest BCUT2D eigenvalue weighted by Crippen LogP contribution is -2.30. The molecule has 2 N–H and O–H groups in total. The number of amides is 1. The Morgan fingerprint density at radius 3 is 2.41 bits per heavy atom. The molecule has 6 nitrogen and oxygen atoms in total. The van der Waals surface area contributed by atoms with Gasteiger partial charge in [-0.25, -0.2) is 0 Å². The Hall–Kier alpha value is -3.97. The minimum Gasteiger partial charge on any atom is -0.351 e. The summed E-state index contributed by atoms with van der Waals surface area (Å²) in [6, 6.07) is 26.4. The van der Waals surface area contributed by atoms with Gasteiger partial charge in [-0.2, -0.15) is 0 Å². The number of aromatic nitrogens is 2. The number of hydrogen-bond donors (Lipinski definition) is 2. The molecular formula is C30H31N5OS. The first kappa shape index (κ1) is 24.7. The second-order valence-electron chi connectivity index (χ2n) is 9.71. The van der Waals surface area contributed by atoms with Gasteiger partial charge in [0.1, 0.15) is 6.04 Å². The third kappa shape index (κ3) is 4.74. The minimum absolute atomic E-state index is 0.00142. The van der Waals surface area contributed by atoms with Gasteiger partial charge in [-0.05, 0) is 86.2 Å². The maximum absolute atomic E-state index is 12.3. The van der Waals surface area contributed by atoms with Gasteiger partial charge in [0.05, 0.1) is 11.7 Å². The van der Waals surface area contributed by atoms with E-state index in [-0.39, 0.29) is 23.9 Å². The normalized spacial score (nSPS) is 17.2. The molecule has 3 heterocycles. The lowest BCUT2D eigenvalue weighted by molar-refractivity contribution is -0.118. The molecule has 37 heavy (non-hydrogen) atoms. The highest BCUT2D eigenvalue weighted by Crippen LogP contribution is 2.43. The number of thiocarbonyl (C=S) groups is 1. The number of nitrogens with zero attached hydrogens (tertiary/aromatic N) is 3. The monoisotopic (exact) mass is 509 g/mol. The predicted molar refractivity (Wildman–Crippen MR) is 153 cm³/mol. The van der Waals surface area contributed by atoms with Crippen LogP contribution in [-0.4, -0.2) is 20.6 Å². The van der Waals surface area contributed by atoms with Crippen molar-refractivity contribution >= 4 is 34.6 Å². The van der Waals surface area contributed by atoms with Crippen molar-refractivity contribution in [2.24, 2.45) is 5.92 Å². The van der Waals surface area contributed by atoms with Crippen molar-refractivity contribution in [3.05, 3.63) is 108 Å². The number of rotatable bonds is 6. The van der Waals surface area contributed by atoms with E-state index < -0.39 is 0 Å². The van der Waals surface area contributed by atoms with Crippen molar-refractivity contribution in [1.82, 2.24) is 14.9 Å². The molecule has 1 saturated heterocycles. The fraction of sp³-hybridized carbons (Fsp3) is 0.233. The Morgan fingerprint density at radius 2 is 1.73 bits per heavy atom. The molecule has 0 spiro atoms. The van der Waals surface area contributed by atoms with Crippen LogP contribution in [0.4, 0.5) is 11.4 Å². The Morgan fingerprint density at radius 1 is 0.973 bits per heavy atom. The molecule has 1 aliphatic rings. The summed E-state index contributed by atoms with van der Waals surface area (Å²) in [5.41, 5.74) is 7.02. The smallest absolute Gasteiger partial charge is 0.226 e. The molecule has 1 aliphatic heterocycles. The van der Waals surface area contributed by atoms with Gasteiger partial charge in [-0.3, -0.25) is 9.78 Å². The topological polar surface area (TPSA) is 62.2 Å². The van der Waals surface area contributed by atoms with Crippen molar-refractivity contribution < 1.29 is 4.79 Å². The Kier molecular flexibility index (Phi) is 6.80. The fourth-order valence-corrected chi connectivity index (χ4v) is 5.21. The number of aryl methyl sites for hydroxylation is 2. The van der Waals surface area contributed by atoms with Gasteiger partial charge in [0.15, 0.2) is 5.11 Å². The van der Waals surface area contributed by atoms with Gasteiger partial charge in [0, 0.05) is 40.6 Å². The second-order valence-corrected chi connectivity index (χ2v) is 10.1. The number of anilines is 2. The van der Waals surface area contributed by atoms with Crippen LogP contribution < -0.4 is 15.5 Å². The number of para-hydroxylation sites is 1. The van der Waals surface area contributed by atoms with Crippen molar-refractivity contribution in [3.8, 4) is 5.69 Å². The number of carbonyl (C=O) groups excluding carboxylic acids is 1. The number of pyridine rings is 1. The van der Waals surface area contributed by atoms with Crippen LogP contribution in [0, 0.1) is 19.8 Å². The maximum Gasteiger partial charge on any atom is 0.226 e. The fourth-order valence-electron chi connectivity index (χ4n) is 4.87. The predicted octanol–water partition coefficient (Wildman–Crippen LogP) is 6.26. The molecule has 0 aliphatic carbocycles. The molecular weight excluding hydrogens is 478 g/mol. The molecule has 0 bridgehead atoms. The molecule has 7 heteroatoms. The first-order valence-electron chi connectivity index (χ1n) is 12.5. The largest absolute Gasteiger partial charge is 0.351 e. The van der Waals surface area contributed by atoms with Crippen LogP contribution in [-0.2, 0) is 4.79 Å². The van der Waals surface area contributed by atoms with Crippen LogP contribution >= 0.6 is 12.2 Å². The van der Waals surface area contributed by atoms with E-state index in [1.807, 2.05) is 63.4 Å². The number of hydrogen-bond acceptors (Lipinski definition) is 3. The summed E-state index contributed by atoms with van der Waals surface area (Å²) >= 11 is 5.93. The summed E-state index contributed by atoms with van der Waals surface area (Å²) in [5, 5.41) is 7.21. The molecule has 0 unspecified atom stereocenters. The maximum atomic E-state index is 12.3. The summed E-state index contributed by atoms with van der Waals surface area (Å²) < 4.78 is 2.29. The summed E-state index contributed by atoms with van der Waals surface area (Å²) in [6.45, 7) is 7.90. The van der Waals surface area contributed by atoms with Crippen molar-refractivity contribution in [2.45, 2.75) is 39.8 Å². The zero-order valence-corrected chi connectivity index (χ0v) is 22.3. The Bertz CT molecular complexity index is 1430. The zero-order valence-electron chi connectivity index (χ0n) is 21.5.